The van der Waals surface area contributed by atoms with Crippen LogP contribution in [0.1, 0.15) is 29.8 Å². The van der Waals surface area contributed by atoms with Crippen LogP contribution >= 0.6 is 0 Å². The summed E-state index contributed by atoms with van der Waals surface area (Å²) >= 11 is 0. The van der Waals surface area contributed by atoms with Gasteiger partial charge in [-0.15, -0.1) is 0 Å². The van der Waals surface area contributed by atoms with Gasteiger partial charge in [0.1, 0.15) is 17.2 Å². The van der Waals surface area contributed by atoms with Gasteiger partial charge in [0.2, 0.25) is 11.9 Å². The van der Waals surface area contributed by atoms with Crippen molar-refractivity contribution in [1.29, 1.82) is 0 Å². The standard InChI is InChI=1S/C22H26N6O3/c1-23-21(30)18-14-16(8-10-24-18)31-15-6-7-19-17(13-15)26-22(27(19)2)25-9-4-12-28-11-3-5-20(28)29/h6-8,10,13-14H,3-5,9,11-12H2,1-2H3,(H,23,30)(H,25,26). The molecule has 2 N–H and O–H groups in total. The lowest BCUT2D eigenvalue weighted by Crippen LogP contribution is -2.27. The Morgan fingerprint density at radius 2 is 2.06 bits per heavy atom. The molecule has 9 heteroatoms. The van der Waals surface area contributed by atoms with Crippen LogP contribution in [0.3, 0.4) is 0 Å². The predicted molar refractivity (Wildman–Crippen MR) is 117 cm³/mol. The first kappa shape index (κ1) is 20.6. The minimum absolute atomic E-state index is 0.256. The smallest absolute Gasteiger partial charge is 0.269 e. The van der Waals surface area contributed by atoms with Crippen LogP contribution in [0.4, 0.5) is 5.95 Å². The number of nitrogens with one attached hydrogen (secondary N) is 2. The number of carbonyl (C=O) groups is 2. The number of likely N-dealkylation sites (tertiary alicyclic amines) is 1. The molecule has 1 aliphatic rings. The third-order valence-electron chi connectivity index (χ3n) is 5.34. The molecule has 0 spiro atoms. The van der Waals surface area contributed by atoms with Crippen molar-refractivity contribution in [3.8, 4) is 11.5 Å². The average molecular weight is 422 g/mol. The first-order valence-electron chi connectivity index (χ1n) is 10.4. The number of rotatable bonds is 8. The van der Waals surface area contributed by atoms with E-state index < -0.39 is 0 Å². The number of fused-ring (bicyclic) bond motifs is 1. The van der Waals surface area contributed by atoms with E-state index >= 15 is 0 Å². The van der Waals surface area contributed by atoms with E-state index in [1.54, 1.807) is 19.2 Å². The Kier molecular flexibility index (Phi) is 6.01. The Bertz CT molecular complexity index is 1110. The Balaban J connectivity index is 1.41. The van der Waals surface area contributed by atoms with Crippen molar-refractivity contribution in [2.24, 2.45) is 7.05 Å². The minimum atomic E-state index is -0.268. The van der Waals surface area contributed by atoms with Crippen LogP contribution in [0.2, 0.25) is 0 Å². The monoisotopic (exact) mass is 422 g/mol. The van der Waals surface area contributed by atoms with E-state index in [1.807, 2.05) is 34.7 Å². The summed E-state index contributed by atoms with van der Waals surface area (Å²) in [6.45, 7) is 2.39. The molecule has 2 amide bonds. The van der Waals surface area contributed by atoms with Crippen LogP contribution in [0, 0.1) is 0 Å². The number of hydrogen-bond donors (Lipinski definition) is 2. The maximum Gasteiger partial charge on any atom is 0.269 e. The zero-order chi connectivity index (χ0) is 21.8. The topological polar surface area (TPSA) is 101 Å². The molecule has 2 aromatic heterocycles. The Hall–Kier alpha value is -3.62. The average Bonchev–Trinajstić information content (AvgIpc) is 3.33. The highest BCUT2D eigenvalue weighted by atomic mass is 16.5. The zero-order valence-corrected chi connectivity index (χ0v) is 17.7. The van der Waals surface area contributed by atoms with Gasteiger partial charge in [0.25, 0.3) is 5.91 Å². The van der Waals surface area contributed by atoms with E-state index in [9.17, 15) is 9.59 Å². The van der Waals surface area contributed by atoms with Gasteiger partial charge in [-0.3, -0.25) is 14.6 Å². The predicted octanol–water partition coefficient (Wildman–Crippen LogP) is 2.54. The number of imidazole rings is 1. The van der Waals surface area contributed by atoms with Crippen molar-refractivity contribution in [1.82, 2.24) is 24.8 Å². The highest BCUT2D eigenvalue weighted by Gasteiger charge is 2.19. The molecular weight excluding hydrogens is 396 g/mol. The number of pyridine rings is 1. The van der Waals surface area contributed by atoms with Gasteiger partial charge in [-0.1, -0.05) is 0 Å². The maximum absolute atomic E-state index is 11.8. The van der Waals surface area contributed by atoms with Gasteiger partial charge in [-0.2, -0.15) is 0 Å². The molecule has 0 bridgehead atoms. The number of aromatic nitrogens is 3. The molecule has 0 aliphatic carbocycles. The maximum atomic E-state index is 11.8. The molecule has 1 aliphatic heterocycles. The zero-order valence-electron chi connectivity index (χ0n) is 17.7. The van der Waals surface area contributed by atoms with Crippen molar-refractivity contribution in [3.63, 3.8) is 0 Å². The molecule has 0 atom stereocenters. The SMILES string of the molecule is CNC(=O)c1cc(Oc2ccc3c(c2)nc(NCCCN2CCCC2=O)n3C)ccn1. The molecule has 3 heterocycles. The Labute approximate surface area is 180 Å². The van der Waals surface area contributed by atoms with E-state index in [2.05, 4.69) is 20.6 Å². The first-order chi connectivity index (χ1) is 15.0. The van der Waals surface area contributed by atoms with E-state index in [4.69, 9.17) is 4.74 Å². The summed E-state index contributed by atoms with van der Waals surface area (Å²) in [5.41, 5.74) is 2.07. The molecule has 1 fully saturated rings. The number of hydrogen-bond acceptors (Lipinski definition) is 6. The molecule has 3 aromatic rings. The number of anilines is 1. The molecule has 1 aromatic carbocycles. The van der Waals surface area contributed by atoms with Gasteiger partial charge in [-0.05, 0) is 31.0 Å². The molecule has 4 rings (SSSR count). The summed E-state index contributed by atoms with van der Waals surface area (Å²) < 4.78 is 7.91. The third kappa shape index (κ3) is 4.60. The van der Waals surface area contributed by atoms with Crippen LogP contribution in [0.5, 0.6) is 11.5 Å². The molecule has 0 unspecified atom stereocenters. The van der Waals surface area contributed by atoms with Crippen LogP contribution < -0.4 is 15.4 Å². The number of ether oxygens (including phenoxy) is 1. The number of amides is 2. The van der Waals surface area contributed by atoms with E-state index in [1.165, 1.54) is 6.20 Å². The summed E-state index contributed by atoms with van der Waals surface area (Å²) in [5, 5.41) is 5.91. The van der Waals surface area contributed by atoms with Crippen LogP contribution in [0.15, 0.2) is 36.5 Å². The van der Waals surface area contributed by atoms with Gasteiger partial charge < -0.3 is 24.8 Å². The summed E-state index contributed by atoms with van der Waals surface area (Å²) in [6, 6.07) is 8.98. The lowest BCUT2D eigenvalue weighted by molar-refractivity contribution is -0.127. The fourth-order valence-electron chi connectivity index (χ4n) is 3.67. The first-order valence-corrected chi connectivity index (χ1v) is 10.4. The second-order valence-electron chi connectivity index (χ2n) is 7.47. The van der Waals surface area contributed by atoms with E-state index in [0.717, 1.165) is 49.5 Å². The van der Waals surface area contributed by atoms with Crippen molar-refractivity contribution < 1.29 is 14.3 Å². The normalized spacial score (nSPS) is 13.6. The molecular formula is C22H26N6O3. The van der Waals surface area contributed by atoms with Gasteiger partial charge in [-0.25, -0.2) is 4.98 Å². The Morgan fingerprint density at radius 1 is 1.23 bits per heavy atom. The molecule has 1 saturated heterocycles. The summed E-state index contributed by atoms with van der Waals surface area (Å²) in [7, 11) is 3.52. The van der Waals surface area contributed by atoms with E-state index in [-0.39, 0.29) is 11.8 Å². The number of aryl methyl sites for hydroxylation is 1. The summed E-state index contributed by atoms with van der Waals surface area (Å²) in [6.07, 6.45) is 4.05. The number of benzene rings is 1. The van der Waals surface area contributed by atoms with Gasteiger partial charge >= 0.3 is 0 Å². The second-order valence-corrected chi connectivity index (χ2v) is 7.47. The van der Waals surface area contributed by atoms with Crippen molar-refractivity contribution in [3.05, 3.63) is 42.2 Å². The Morgan fingerprint density at radius 3 is 2.84 bits per heavy atom. The van der Waals surface area contributed by atoms with Crippen LogP contribution in [0.25, 0.3) is 11.0 Å². The quantitative estimate of drug-likeness (QED) is 0.541. The molecule has 9 nitrogen and oxygen atoms in total. The van der Waals surface area contributed by atoms with Gasteiger partial charge in [0.05, 0.1) is 11.0 Å². The molecule has 0 saturated carbocycles. The molecule has 31 heavy (non-hydrogen) atoms. The minimum Gasteiger partial charge on any atom is -0.457 e. The fourth-order valence-corrected chi connectivity index (χ4v) is 3.67. The largest absolute Gasteiger partial charge is 0.457 e. The summed E-state index contributed by atoms with van der Waals surface area (Å²) in [5.74, 6) is 1.91. The van der Waals surface area contributed by atoms with Crippen molar-refractivity contribution >= 4 is 28.8 Å². The fraction of sp³-hybridized carbons (Fsp3) is 0.364. The third-order valence-corrected chi connectivity index (χ3v) is 5.34. The number of nitrogens with zero attached hydrogens (tertiary/aromatic N) is 4. The highest BCUT2D eigenvalue weighted by molar-refractivity contribution is 5.92. The van der Waals surface area contributed by atoms with Crippen LogP contribution in [-0.4, -0.2) is 57.9 Å². The summed E-state index contributed by atoms with van der Waals surface area (Å²) in [4.78, 5) is 34.1. The molecule has 0 radical (unpaired) electrons. The lowest BCUT2D eigenvalue weighted by atomic mass is 10.3. The second kappa shape index (κ2) is 9.03. The lowest BCUT2D eigenvalue weighted by Gasteiger charge is -2.15. The number of carbonyl (C=O) groups excluding carboxylic acids is 2. The van der Waals surface area contributed by atoms with Crippen molar-refractivity contribution in [2.45, 2.75) is 19.3 Å². The van der Waals surface area contributed by atoms with Crippen molar-refractivity contribution in [2.75, 3.05) is 32.0 Å². The van der Waals surface area contributed by atoms with Gasteiger partial charge in [0, 0.05) is 58.5 Å². The molecule has 162 valence electrons. The van der Waals surface area contributed by atoms with Gasteiger partial charge in [0.15, 0.2) is 0 Å². The highest BCUT2D eigenvalue weighted by Crippen LogP contribution is 2.27. The van der Waals surface area contributed by atoms with Crippen LogP contribution in [-0.2, 0) is 11.8 Å². The van der Waals surface area contributed by atoms with E-state index in [0.29, 0.717) is 23.6 Å².